The largest absolute Gasteiger partial charge is 0.480 e. The molecule has 3 unspecified atom stereocenters. The van der Waals surface area contributed by atoms with E-state index in [9.17, 15) is 18.0 Å². The average molecular weight is 225 g/mol. The van der Waals surface area contributed by atoms with Crippen LogP contribution in [0.2, 0.25) is 0 Å². The summed E-state index contributed by atoms with van der Waals surface area (Å²) in [6, 6.07) is -1.17. The summed E-state index contributed by atoms with van der Waals surface area (Å²) in [6.07, 6.45) is -3.42. The predicted molar refractivity (Wildman–Crippen MR) is 47.1 cm³/mol. The Morgan fingerprint density at radius 3 is 2.47 bits per heavy atom. The summed E-state index contributed by atoms with van der Waals surface area (Å²) >= 11 is 0. The summed E-state index contributed by atoms with van der Waals surface area (Å²) in [5.41, 5.74) is 5.33. The molecule has 3 atom stereocenters. The number of rotatable bonds is 2. The van der Waals surface area contributed by atoms with E-state index in [1.54, 1.807) is 0 Å². The Balaban J connectivity index is 2.60. The molecule has 3 N–H and O–H groups in total. The van der Waals surface area contributed by atoms with Crippen molar-refractivity contribution in [2.45, 2.75) is 37.9 Å². The second-order valence-corrected chi connectivity index (χ2v) is 4.03. The smallest absolute Gasteiger partial charge is 0.391 e. The molecule has 1 fully saturated rings. The zero-order valence-electron chi connectivity index (χ0n) is 8.13. The van der Waals surface area contributed by atoms with Crippen molar-refractivity contribution >= 4 is 5.97 Å². The first-order chi connectivity index (χ1) is 6.82. The number of hydrogen-bond acceptors (Lipinski definition) is 2. The quantitative estimate of drug-likeness (QED) is 0.752. The second kappa shape index (κ2) is 4.38. The van der Waals surface area contributed by atoms with E-state index < -0.39 is 30.0 Å². The van der Waals surface area contributed by atoms with Gasteiger partial charge in [0, 0.05) is 0 Å². The lowest BCUT2D eigenvalue weighted by Crippen LogP contribution is -2.42. The topological polar surface area (TPSA) is 63.3 Å². The van der Waals surface area contributed by atoms with E-state index in [0.717, 1.165) is 0 Å². The van der Waals surface area contributed by atoms with Gasteiger partial charge in [-0.05, 0) is 25.2 Å². The maximum atomic E-state index is 12.4. The molecule has 3 nitrogen and oxygen atoms in total. The summed E-state index contributed by atoms with van der Waals surface area (Å²) in [7, 11) is 0. The first-order valence-electron chi connectivity index (χ1n) is 4.87. The first kappa shape index (κ1) is 12.3. The van der Waals surface area contributed by atoms with Crippen LogP contribution in [0, 0.1) is 11.8 Å². The van der Waals surface area contributed by atoms with Gasteiger partial charge in [-0.1, -0.05) is 6.42 Å². The van der Waals surface area contributed by atoms with Crippen LogP contribution in [0.5, 0.6) is 0 Å². The van der Waals surface area contributed by atoms with E-state index in [2.05, 4.69) is 0 Å². The molecule has 1 rings (SSSR count). The van der Waals surface area contributed by atoms with Crippen molar-refractivity contribution in [1.29, 1.82) is 0 Å². The van der Waals surface area contributed by atoms with Gasteiger partial charge < -0.3 is 10.8 Å². The lowest BCUT2D eigenvalue weighted by atomic mass is 9.77. The van der Waals surface area contributed by atoms with E-state index in [1.807, 2.05) is 0 Å². The van der Waals surface area contributed by atoms with Gasteiger partial charge in [0.05, 0.1) is 5.92 Å². The van der Waals surface area contributed by atoms with Crippen LogP contribution in [-0.2, 0) is 4.79 Å². The Morgan fingerprint density at radius 1 is 1.40 bits per heavy atom. The minimum absolute atomic E-state index is 0.0896. The zero-order chi connectivity index (χ0) is 11.6. The molecule has 1 aliphatic rings. The summed E-state index contributed by atoms with van der Waals surface area (Å²) in [6.45, 7) is 0. The number of aliphatic carboxylic acids is 1. The van der Waals surface area contributed by atoms with Crippen LogP contribution in [0.25, 0.3) is 0 Å². The van der Waals surface area contributed by atoms with E-state index in [1.165, 1.54) is 0 Å². The molecular weight excluding hydrogens is 211 g/mol. The van der Waals surface area contributed by atoms with Crippen molar-refractivity contribution < 1.29 is 23.1 Å². The molecule has 0 aliphatic heterocycles. The molecule has 0 heterocycles. The number of halogens is 3. The van der Waals surface area contributed by atoms with Crippen LogP contribution in [-0.4, -0.2) is 23.3 Å². The summed E-state index contributed by atoms with van der Waals surface area (Å²) in [4.78, 5) is 10.5. The van der Waals surface area contributed by atoms with Gasteiger partial charge in [-0.25, -0.2) is 0 Å². The summed E-state index contributed by atoms with van der Waals surface area (Å²) in [5, 5.41) is 8.62. The minimum Gasteiger partial charge on any atom is -0.480 e. The Labute approximate surface area is 85.4 Å². The number of alkyl halides is 3. The van der Waals surface area contributed by atoms with Crippen molar-refractivity contribution in [1.82, 2.24) is 0 Å². The third-order valence-corrected chi connectivity index (χ3v) is 2.97. The van der Waals surface area contributed by atoms with Crippen LogP contribution < -0.4 is 5.73 Å². The Hall–Kier alpha value is -0.780. The lowest BCUT2D eigenvalue weighted by Gasteiger charge is -2.32. The fourth-order valence-electron chi connectivity index (χ4n) is 2.05. The number of nitrogens with two attached hydrogens (primary N) is 1. The molecule has 88 valence electrons. The highest BCUT2D eigenvalue weighted by molar-refractivity contribution is 5.73. The number of carboxylic acids is 1. The number of hydrogen-bond donors (Lipinski definition) is 2. The fraction of sp³-hybridized carbons (Fsp3) is 0.889. The minimum atomic E-state index is -4.23. The summed E-state index contributed by atoms with van der Waals surface area (Å²) in [5.74, 6) is -3.16. The second-order valence-electron chi connectivity index (χ2n) is 4.03. The molecule has 1 saturated carbocycles. The van der Waals surface area contributed by atoms with E-state index in [0.29, 0.717) is 12.8 Å². The lowest BCUT2D eigenvalue weighted by molar-refractivity contribution is -0.187. The van der Waals surface area contributed by atoms with Crippen molar-refractivity contribution in [2.24, 2.45) is 17.6 Å². The SMILES string of the molecule is NC(C(=O)O)C1CCCC(C(F)(F)F)C1. The molecule has 0 spiro atoms. The van der Waals surface area contributed by atoms with Crippen LogP contribution in [0.3, 0.4) is 0 Å². The molecule has 0 saturated heterocycles. The molecule has 0 aromatic heterocycles. The third-order valence-electron chi connectivity index (χ3n) is 2.97. The normalized spacial score (nSPS) is 29.9. The van der Waals surface area contributed by atoms with Crippen LogP contribution in [0.15, 0.2) is 0 Å². The zero-order valence-corrected chi connectivity index (χ0v) is 8.13. The molecule has 0 bridgehead atoms. The monoisotopic (exact) mass is 225 g/mol. The molecule has 6 heteroatoms. The molecule has 15 heavy (non-hydrogen) atoms. The van der Waals surface area contributed by atoms with Crippen molar-refractivity contribution in [3.8, 4) is 0 Å². The highest BCUT2D eigenvalue weighted by Gasteiger charge is 2.43. The van der Waals surface area contributed by atoms with Gasteiger partial charge in [0.25, 0.3) is 0 Å². The average Bonchev–Trinajstić information content (AvgIpc) is 2.15. The van der Waals surface area contributed by atoms with Crippen LogP contribution >= 0.6 is 0 Å². The number of carboxylic acid groups (broad SMARTS) is 1. The maximum Gasteiger partial charge on any atom is 0.391 e. The molecule has 1 aliphatic carbocycles. The predicted octanol–water partition coefficient (Wildman–Crippen LogP) is 1.77. The van der Waals surface area contributed by atoms with Crippen molar-refractivity contribution in [3.05, 3.63) is 0 Å². The van der Waals surface area contributed by atoms with Gasteiger partial charge in [-0.3, -0.25) is 4.79 Å². The molecular formula is C9H14F3NO2. The summed E-state index contributed by atoms with van der Waals surface area (Å²) < 4.78 is 37.2. The van der Waals surface area contributed by atoms with Gasteiger partial charge in [0.15, 0.2) is 0 Å². The van der Waals surface area contributed by atoms with Crippen molar-refractivity contribution in [2.75, 3.05) is 0 Å². The molecule has 0 amide bonds. The van der Waals surface area contributed by atoms with Gasteiger partial charge in [-0.15, -0.1) is 0 Å². The van der Waals surface area contributed by atoms with Crippen molar-refractivity contribution in [3.63, 3.8) is 0 Å². The highest BCUT2D eigenvalue weighted by atomic mass is 19.4. The van der Waals surface area contributed by atoms with Gasteiger partial charge in [0.2, 0.25) is 0 Å². The van der Waals surface area contributed by atoms with Gasteiger partial charge in [0.1, 0.15) is 6.04 Å². The van der Waals surface area contributed by atoms with E-state index in [4.69, 9.17) is 10.8 Å². The van der Waals surface area contributed by atoms with E-state index >= 15 is 0 Å². The number of carbonyl (C=O) groups is 1. The third kappa shape index (κ3) is 3.09. The Kier molecular flexibility index (Phi) is 3.59. The van der Waals surface area contributed by atoms with Crippen LogP contribution in [0.1, 0.15) is 25.7 Å². The first-order valence-corrected chi connectivity index (χ1v) is 4.87. The highest BCUT2D eigenvalue weighted by Crippen LogP contribution is 2.40. The fourth-order valence-corrected chi connectivity index (χ4v) is 2.05. The maximum absolute atomic E-state index is 12.4. The molecule has 0 aromatic rings. The Bertz CT molecular complexity index is 242. The van der Waals surface area contributed by atoms with Gasteiger partial charge >= 0.3 is 12.1 Å². The van der Waals surface area contributed by atoms with Gasteiger partial charge in [-0.2, -0.15) is 13.2 Å². The van der Waals surface area contributed by atoms with Crippen LogP contribution in [0.4, 0.5) is 13.2 Å². The molecule has 0 aromatic carbocycles. The standard InChI is InChI=1S/C9H14F3NO2/c10-9(11,12)6-3-1-2-5(4-6)7(13)8(14)15/h5-7H,1-4,13H2,(H,14,15). The Morgan fingerprint density at radius 2 is 2.00 bits per heavy atom. The molecule has 0 radical (unpaired) electrons. The van der Waals surface area contributed by atoms with E-state index in [-0.39, 0.29) is 12.8 Å².